The molecular weight excluding hydrogens is 391 g/mol. The molecule has 1 aromatic carbocycles. The Hall–Kier alpha value is -0.330. The topological polar surface area (TPSA) is 35.5 Å². The van der Waals surface area contributed by atoms with Crippen molar-refractivity contribution in [2.45, 2.75) is 36.4 Å². The van der Waals surface area contributed by atoms with Crippen molar-refractivity contribution < 1.29 is 14.3 Å². The fraction of sp³-hybridized carbons (Fsp3) is 0.533. The Morgan fingerprint density at radius 1 is 1.35 bits per heavy atom. The first-order valence-electron chi connectivity index (χ1n) is 6.77. The second-order valence-corrected chi connectivity index (χ2v) is 6.95. The highest BCUT2D eigenvalue weighted by atomic mass is 127. The van der Waals surface area contributed by atoms with Gasteiger partial charge in [0.05, 0.1) is 25.2 Å². The van der Waals surface area contributed by atoms with E-state index in [1.165, 1.54) is 0 Å². The van der Waals surface area contributed by atoms with Crippen LogP contribution in [0.4, 0.5) is 0 Å². The number of carbonyl (C=O) groups is 1. The second-order valence-electron chi connectivity index (χ2n) is 4.91. The van der Waals surface area contributed by atoms with Gasteiger partial charge >= 0.3 is 5.97 Å². The van der Waals surface area contributed by atoms with E-state index < -0.39 is 0 Å². The van der Waals surface area contributed by atoms with E-state index in [-0.39, 0.29) is 18.0 Å². The normalized spacial score (nSPS) is 25.6. The van der Waals surface area contributed by atoms with E-state index in [1.54, 1.807) is 0 Å². The molecule has 0 N–H and O–H groups in total. The van der Waals surface area contributed by atoms with E-state index >= 15 is 0 Å². The van der Waals surface area contributed by atoms with Gasteiger partial charge in [-0.1, -0.05) is 46.3 Å². The number of hydrogen-bond acceptors (Lipinski definition) is 3. The number of rotatable bonds is 5. The number of alkyl halides is 1. The second kappa shape index (κ2) is 7.61. The fourth-order valence-corrected chi connectivity index (χ4v) is 3.60. The highest BCUT2D eigenvalue weighted by Crippen LogP contribution is 2.35. The third-order valence-corrected chi connectivity index (χ3v) is 4.99. The molecule has 1 aromatic rings. The minimum absolute atomic E-state index is 0.0212. The monoisotopic (exact) mass is 408 g/mol. The van der Waals surface area contributed by atoms with Crippen LogP contribution in [0.1, 0.15) is 25.3 Å². The van der Waals surface area contributed by atoms with Crippen molar-refractivity contribution in [1.29, 1.82) is 0 Å². The van der Waals surface area contributed by atoms with Crippen molar-refractivity contribution in [3.8, 4) is 0 Å². The van der Waals surface area contributed by atoms with Gasteiger partial charge in [-0.05, 0) is 37.5 Å². The first-order valence-corrected chi connectivity index (χ1v) is 8.39. The molecule has 1 fully saturated rings. The smallest absolute Gasteiger partial charge is 0.309 e. The minimum Gasteiger partial charge on any atom is -0.466 e. The third kappa shape index (κ3) is 4.33. The molecule has 0 aromatic heterocycles. The van der Waals surface area contributed by atoms with Crippen LogP contribution in [0.3, 0.4) is 0 Å². The van der Waals surface area contributed by atoms with Crippen LogP contribution in [0.2, 0.25) is 5.02 Å². The molecular formula is C15H18ClIO3. The van der Waals surface area contributed by atoms with E-state index in [2.05, 4.69) is 22.6 Å². The van der Waals surface area contributed by atoms with Gasteiger partial charge in [0.2, 0.25) is 0 Å². The van der Waals surface area contributed by atoms with Crippen molar-refractivity contribution in [1.82, 2.24) is 0 Å². The molecule has 0 spiro atoms. The number of carbonyl (C=O) groups excluding carboxylic acids is 1. The maximum atomic E-state index is 11.8. The van der Waals surface area contributed by atoms with Crippen LogP contribution in [-0.2, 0) is 20.9 Å². The van der Waals surface area contributed by atoms with E-state index in [4.69, 9.17) is 21.1 Å². The molecule has 2 rings (SSSR count). The summed E-state index contributed by atoms with van der Waals surface area (Å²) in [5.41, 5.74) is 1.09. The summed E-state index contributed by atoms with van der Waals surface area (Å²) >= 11 is 8.22. The van der Waals surface area contributed by atoms with Gasteiger partial charge in [0, 0.05) is 8.95 Å². The van der Waals surface area contributed by atoms with Crippen LogP contribution in [0.25, 0.3) is 0 Å². The zero-order valence-corrected chi connectivity index (χ0v) is 14.3. The molecule has 3 atom stereocenters. The highest BCUT2D eigenvalue weighted by Gasteiger charge is 2.37. The summed E-state index contributed by atoms with van der Waals surface area (Å²) in [7, 11) is 0. The van der Waals surface area contributed by atoms with Crippen LogP contribution in [0, 0.1) is 5.92 Å². The lowest BCUT2D eigenvalue weighted by molar-refractivity contribution is -0.148. The van der Waals surface area contributed by atoms with Gasteiger partial charge in [-0.25, -0.2) is 0 Å². The summed E-state index contributed by atoms with van der Waals surface area (Å²) in [5, 5.41) is 0.726. The molecule has 20 heavy (non-hydrogen) atoms. The van der Waals surface area contributed by atoms with Crippen LogP contribution in [0.5, 0.6) is 0 Å². The molecule has 3 nitrogen and oxygen atoms in total. The van der Waals surface area contributed by atoms with Crippen LogP contribution in [0.15, 0.2) is 24.3 Å². The van der Waals surface area contributed by atoms with Crippen molar-refractivity contribution in [2.24, 2.45) is 5.92 Å². The summed E-state index contributed by atoms with van der Waals surface area (Å²) in [4.78, 5) is 11.8. The highest BCUT2D eigenvalue weighted by molar-refractivity contribution is 14.1. The van der Waals surface area contributed by atoms with Crippen LogP contribution in [-0.4, -0.2) is 22.6 Å². The Morgan fingerprint density at radius 2 is 2.05 bits per heavy atom. The van der Waals surface area contributed by atoms with Gasteiger partial charge in [-0.15, -0.1) is 0 Å². The molecule has 3 unspecified atom stereocenters. The van der Waals surface area contributed by atoms with Gasteiger partial charge in [0.15, 0.2) is 0 Å². The Kier molecular flexibility index (Phi) is 6.11. The molecule has 0 radical (unpaired) electrons. The summed E-state index contributed by atoms with van der Waals surface area (Å²) < 4.78 is 11.4. The minimum atomic E-state index is -0.0910. The molecule has 0 amide bonds. The van der Waals surface area contributed by atoms with E-state index in [9.17, 15) is 4.79 Å². The predicted molar refractivity (Wildman–Crippen MR) is 87.2 cm³/mol. The van der Waals surface area contributed by atoms with Crippen molar-refractivity contribution in [3.63, 3.8) is 0 Å². The van der Waals surface area contributed by atoms with Crippen LogP contribution >= 0.6 is 34.2 Å². The number of benzene rings is 1. The lowest BCUT2D eigenvalue weighted by atomic mass is 10.1. The first-order chi connectivity index (χ1) is 9.60. The molecule has 0 saturated heterocycles. The molecule has 0 heterocycles. The SMILES string of the molecule is CCOC(=O)C1CC(I)C(OCc2ccc(Cl)cc2)C1. The fourth-order valence-electron chi connectivity index (χ4n) is 2.36. The van der Waals surface area contributed by atoms with E-state index in [1.807, 2.05) is 31.2 Å². The van der Waals surface area contributed by atoms with E-state index in [0.29, 0.717) is 17.1 Å². The molecule has 5 heteroatoms. The Bertz CT molecular complexity index is 449. The average Bonchev–Trinajstić information content (AvgIpc) is 2.80. The third-order valence-electron chi connectivity index (χ3n) is 3.43. The molecule has 1 aliphatic rings. The predicted octanol–water partition coefficient (Wildman–Crippen LogP) is 4.00. The van der Waals surface area contributed by atoms with Crippen molar-refractivity contribution in [3.05, 3.63) is 34.9 Å². The quantitative estimate of drug-likeness (QED) is 0.420. The number of esters is 1. The number of ether oxygens (including phenoxy) is 2. The largest absolute Gasteiger partial charge is 0.466 e. The molecule has 0 aliphatic heterocycles. The molecule has 1 aliphatic carbocycles. The summed E-state index contributed by atoms with van der Waals surface area (Å²) in [5.74, 6) is -0.112. The Labute approximate surface area is 138 Å². The molecule has 1 saturated carbocycles. The maximum Gasteiger partial charge on any atom is 0.309 e. The molecule has 0 bridgehead atoms. The van der Waals surface area contributed by atoms with Crippen molar-refractivity contribution in [2.75, 3.05) is 6.61 Å². The molecule has 110 valence electrons. The number of hydrogen-bond donors (Lipinski definition) is 0. The van der Waals surface area contributed by atoms with Gasteiger partial charge < -0.3 is 9.47 Å². The van der Waals surface area contributed by atoms with E-state index in [0.717, 1.165) is 23.4 Å². The summed E-state index contributed by atoms with van der Waals surface area (Å²) in [6.07, 6.45) is 1.70. The summed E-state index contributed by atoms with van der Waals surface area (Å²) in [6.45, 7) is 2.83. The summed E-state index contributed by atoms with van der Waals surface area (Å²) in [6, 6.07) is 7.64. The Morgan fingerprint density at radius 3 is 2.70 bits per heavy atom. The Balaban J connectivity index is 1.84. The van der Waals surface area contributed by atoms with Gasteiger partial charge in [-0.3, -0.25) is 4.79 Å². The zero-order valence-electron chi connectivity index (χ0n) is 11.4. The van der Waals surface area contributed by atoms with Crippen molar-refractivity contribution >= 4 is 40.2 Å². The van der Waals surface area contributed by atoms with Gasteiger partial charge in [0.1, 0.15) is 0 Å². The van der Waals surface area contributed by atoms with Crippen LogP contribution < -0.4 is 0 Å². The lowest BCUT2D eigenvalue weighted by Gasteiger charge is -2.15. The standard InChI is InChI=1S/C15H18ClIO3/c1-2-19-15(18)11-7-13(17)14(8-11)20-9-10-3-5-12(16)6-4-10/h3-6,11,13-14H,2,7-9H2,1H3. The number of halogens is 2. The zero-order chi connectivity index (χ0) is 14.5. The maximum absolute atomic E-state index is 11.8. The lowest BCUT2D eigenvalue weighted by Crippen LogP contribution is -2.18. The van der Waals surface area contributed by atoms with Gasteiger partial charge in [-0.2, -0.15) is 0 Å². The average molecular weight is 409 g/mol. The first kappa shape index (κ1) is 16.0. The van der Waals surface area contributed by atoms with Gasteiger partial charge in [0.25, 0.3) is 0 Å².